The summed E-state index contributed by atoms with van der Waals surface area (Å²) >= 11 is 0. The number of halogens is 1. The van der Waals surface area contributed by atoms with Gasteiger partial charge in [0.1, 0.15) is 11.9 Å². The van der Waals surface area contributed by atoms with E-state index in [4.69, 9.17) is 9.15 Å². The van der Waals surface area contributed by atoms with E-state index in [1.807, 2.05) is 25.1 Å². The van der Waals surface area contributed by atoms with Gasteiger partial charge in [0.2, 0.25) is 0 Å². The van der Waals surface area contributed by atoms with Crippen molar-refractivity contribution in [1.29, 1.82) is 0 Å². The number of amides is 1. The number of nitrogens with one attached hydrogen (secondary N) is 3. The average molecular weight is 484 g/mol. The fourth-order valence-electron chi connectivity index (χ4n) is 2.74. The van der Waals surface area contributed by atoms with Crippen molar-refractivity contribution >= 4 is 35.8 Å². The number of fused-ring (bicyclic) bond motifs is 1. The molecular weight excluding hydrogens is 459 g/mol. The summed E-state index contributed by atoms with van der Waals surface area (Å²) in [5.41, 5.74) is 1.23. The minimum atomic E-state index is -0.226. The molecule has 1 amide bonds. The molecule has 2 aromatic rings. The monoisotopic (exact) mass is 484 g/mol. The van der Waals surface area contributed by atoms with Gasteiger partial charge in [-0.15, -0.1) is 24.0 Å². The highest BCUT2D eigenvalue weighted by atomic mass is 127. The Bertz CT molecular complexity index is 724. The zero-order valence-electron chi connectivity index (χ0n) is 15.2. The fraction of sp³-hybridized carbons (Fsp3) is 0.368. The van der Waals surface area contributed by atoms with Crippen LogP contribution in [0.5, 0.6) is 5.75 Å². The van der Waals surface area contributed by atoms with E-state index in [9.17, 15) is 4.79 Å². The van der Waals surface area contributed by atoms with E-state index in [0.717, 1.165) is 18.7 Å². The third-order valence-electron chi connectivity index (χ3n) is 3.96. The number of guanidine groups is 1. The third kappa shape index (κ3) is 6.16. The zero-order chi connectivity index (χ0) is 18.2. The first kappa shape index (κ1) is 21.1. The van der Waals surface area contributed by atoms with Gasteiger partial charge in [-0.3, -0.25) is 4.79 Å². The van der Waals surface area contributed by atoms with Gasteiger partial charge in [0.15, 0.2) is 11.7 Å². The molecule has 0 saturated carbocycles. The van der Waals surface area contributed by atoms with Gasteiger partial charge in [0.05, 0.1) is 12.8 Å². The summed E-state index contributed by atoms with van der Waals surface area (Å²) in [5, 5.41) is 9.19. The van der Waals surface area contributed by atoms with Crippen LogP contribution in [0, 0.1) is 0 Å². The van der Waals surface area contributed by atoms with Gasteiger partial charge in [0, 0.05) is 26.1 Å². The maximum absolute atomic E-state index is 11.8. The topological polar surface area (TPSA) is 87.9 Å². The van der Waals surface area contributed by atoms with Gasteiger partial charge in [-0.1, -0.05) is 18.2 Å². The van der Waals surface area contributed by atoms with Crippen molar-refractivity contribution in [2.24, 2.45) is 4.99 Å². The van der Waals surface area contributed by atoms with Gasteiger partial charge < -0.3 is 25.1 Å². The molecule has 2 heterocycles. The number of rotatable bonds is 7. The molecule has 27 heavy (non-hydrogen) atoms. The molecular formula is C19H25IN4O3. The van der Waals surface area contributed by atoms with Crippen LogP contribution in [-0.4, -0.2) is 44.1 Å². The van der Waals surface area contributed by atoms with E-state index in [2.05, 4.69) is 27.0 Å². The summed E-state index contributed by atoms with van der Waals surface area (Å²) in [6.45, 7) is 4.37. The molecule has 0 aliphatic carbocycles. The molecule has 0 saturated heterocycles. The van der Waals surface area contributed by atoms with Crippen molar-refractivity contribution in [2.75, 3.05) is 26.2 Å². The van der Waals surface area contributed by atoms with E-state index in [1.165, 1.54) is 11.8 Å². The van der Waals surface area contributed by atoms with Crippen molar-refractivity contribution in [2.45, 2.75) is 19.4 Å². The van der Waals surface area contributed by atoms with Gasteiger partial charge in [-0.25, -0.2) is 4.99 Å². The largest absolute Gasteiger partial charge is 0.488 e. The Balaban J connectivity index is 0.00000261. The second-order valence-corrected chi connectivity index (χ2v) is 5.93. The summed E-state index contributed by atoms with van der Waals surface area (Å²) in [7, 11) is 0. The SMILES string of the molecule is CCNC(=NCC1Cc2ccccc2O1)NCCNC(=O)c1ccco1.I. The number of hydrogen-bond donors (Lipinski definition) is 3. The molecule has 0 bridgehead atoms. The Morgan fingerprint density at radius 2 is 1.96 bits per heavy atom. The summed E-state index contributed by atoms with van der Waals surface area (Å²) in [4.78, 5) is 16.4. The van der Waals surface area contributed by atoms with E-state index < -0.39 is 0 Å². The molecule has 8 heteroatoms. The van der Waals surface area contributed by atoms with Crippen LogP contribution in [0.2, 0.25) is 0 Å². The van der Waals surface area contributed by atoms with Crippen LogP contribution in [0.25, 0.3) is 0 Å². The Kier molecular flexibility index (Phi) is 8.43. The third-order valence-corrected chi connectivity index (χ3v) is 3.96. The van der Waals surface area contributed by atoms with Crippen molar-refractivity contribution in [3.8, 4) is 5.75 Å². The van der Waals surface area contributed by atoms with E-state index in [-0.39, 0.29) is 36.0 Å². The Labute approximate surface area is 176 Å². The Morgan fingerprint density at radius 3 is 2.70 bits per heavy atom. The highest BCUT2D eigenvalue weighted by Crippen LogP contribution is 2.28. The maximum atomic E-state index is 11.8. The number of aliphatic imine (C=N–C) groups is 1. The molecule has 0 radical (unpaired) electrons. The van der Waals surface area contributed by atoms with E-state index in [1.54, 1.807) is 12.1 Å². The highest BCUT2D eigenvalue weighted by molar-refractivity contribution is 14.0. The first-order valence-corrected chi connectivity index (χ1v) is 8.84. The highest BCUT2D eigenvalue weighted by Gasteiger charge is 2.21. The molecule has 1 aliphatic heterocycles. The fourth-order valence-corrected chi connectivity index (χ4v) is 2.74. The molecule has 1 aromatic carbocycles. The first-order chi connectivity index (χ1) is 12.8. The van der Waals surface area contributed by atoms with Gasteiger partial charge in [-0.05, 0) is 30.7 Å². The van der Waals surface area contributed by atoms with Crippen molar-refractivity contribution in [3.63, 3.8) is 0 Å². The van der Waals surface area contributed by atoms with Crippen molar-refractivity contribution in [1.82, 2.24) is 16.0 Å². The molecule has 7 nitrogen and oxygen atoms in total. The maximum Gasteiger partial charge on any atom is 0.287 e. The van der Waals surface area contributed by atoms with Crippen LogP contribution >= 0.6 is 24.0 Å². The Hall–Kier alpha value is -2.23. The summed E-state index contributed by atoms with van der Waals surface area (Å²) in [6, 6.07) is 11.4. The molecule has 146 valence electrons. The number of nitrogens with zero attached hydrogens (tertiary/aromatic N) is 1. The van der Waals surface area contributed by atoms with Crippen LogP contribution in [0.15, 0.2) is 52.1 Å². The molecule has 1 aromatic heterocycles. The predicted molar refractivity (Wildman–Crippen MR) is 115 cm³/mol. The predicted octanol–water partition coefficient (Wildman–Crippen LogP) is 2.19. The summed E-state index contributed by atoms with van der Waals surface area (Å²) in [5.74, 6) is 1.74. The van der Waals surface area contributed by atoms with E-state index >= 15 is 0 Å². The Morgan fingerprint density at radius 1 is 1.15 bits per heavy atom. The van der Waals surface area contributed by atoms with Crippen LogP contribution in [0.3, 0.4) is 0 Å². The zero-order valence-corrected chi connectivity index (χ0v) is 17.6. The number of carbonyl (C=O) groups is 1. The van der Waals surface area contributed by atoms with Gasteiger partial charge in [-0.2, -0.15) is 0 Å². The van der Waals surface area contributed by atoms with Crippen LogP contribution in [-0.2, 0) is 6.42 Å². The molecule has 0 spiro atoms. The number of benzene rings is 1. The molecule has 0 fully saturated rings. The van der Waals surface area contributed by atoms with Gasteiger partial charge >= 0.3 is 0 Å². The molecule has 1 atom stereocenters. The van der Waals surface area contributed by atoms with Crippen molar-refractivity contribution in [3.05, 3.63) is 54.0 Å². The van der Waals surface area contributed by atoms with Crippen LogP contribution < -0.4 is 20.7 Å². The smallest absolute Gasteiger partial charge is 0.287 e. The summed E-state index contributed by atoms with van der Waals surface area (Å²) in [6.07, 6.45) is 2.41. The minimum absolute atomic E-state index is 0. The average Bonchev–Trinajstić information content (AvgIpc) is 3.32. The molecule has 1 aliphatic rings. The molecule has 1 unspecified atom stereocenters. The van der Waals surface area contributed by atoms with E-state index in [0.29, 0.717) is 31.4 Å². The lowest BCUT2D eigenvalue weighted by Gasteiger charge is -2.13. The standard InChI is InChI=1S/C19H24N4O3.HI/c1-2-20-19(22-10-9-21-18(24)17-8-5-11-25-17)23-13-15-12-14-6-3-4-7-16(14)26-15;/h3-8,11,15H,2,9-10,12-13H2,1H3,(H,21,24)(H2,20,22,23);1H. The van der Waals surface area contributed by atoms with Crippen molar-refractivity contribution < 1.29 is 13.9 Å². The minimum Gasteiger partial charge on any atom is -0.488 e. The summed E-state index contributed by atoms with van der Waals surface area (Å²) < 4.78 is 11.0. The van der Waals surface area contributed by atoms with Crippen LogP contribution in [0.4, 0.5) is 0 Å². The number of carbonyl (C=O) groups excluding carboxylic acids is 1. The number of ether oxygens (including phenoxy) is 1. The lowest BCUT2D eigenvalue weighted by molar-refractivity contribution is 0.0926. The van der Waals surface area contributed by atoms with Crippen LogP contribution in [0.1, 0.15) is 23.0 Å². The quantitative estimate of drug-likeness (QED) is 0.243. The molecule has 3 N–H and O–H groups in total. The molecule has 3 rings (SSSR count). The lowest BCUT2D eigenvalue weighted by atomic mass is 10.1. The second kappa shape index (κ2) is 10.8. The normalized spacial score (nSPS) is 15.3. The second-order valence-electron chi connectivity index (χ2n) is 5.93. The number of hydrogen-bond acceptors (Lipinski definition) is 4. The van der Waals surface area contributed by atoms with Gasteiger partial charge in [0.25, 0.3) is 5.91 Å². The lowest BCUT2D eigenvalue weighted by Crippen LogP contribution is -2.42. The number of para-hydroxylation sites is 1. The first-order valence-electron chi connectivity index (χ1n) is 8.84. The number of furan rings is 1.